The van der Waals surface area contributed by atoms with Gasteiger partial charge in [0.1, 0.15) is 0 Å². The monoisotopic (exact) mass is 374 g/mol. The highest BCUT2D eigenvalue weighted by Gasteiger charge is 2.19. The topological polar surface area (TPSA) is 31.4 Å². The lowest BCUT2D eigenvalue weighted by atomic mass is 10.1. The third-order valence-corrected chi connectivity index (χ3v) is 5.07. The van der Waals surface area contributed by atoms with Crippen molar-refractivity contribution in [1.29, 1.82) is 0 Å². The molecular weight excluding hydrogens is 348 g/mol. The standard InChI is InChI=1S/C19H26N4S2/c1-15(16-7-6-10-20-14-16)23(12-11-22(2)3)19(24)21-17-8-5-9-18(13-17)25-4/h5-10,13-15H,11-12H2,1-4H3,(H,21,24)/t15-/m0/s1. The molecule has 6 heteroatoms. The number of hydrogen-bond acceptors (Lipinski definition) is 4. The van der Waals surface area contributed by atoms with Crippen LogP contribution in [-0.4, -0.2) is 53.3 Å². The number of thioether (sulfide) groups is 1. The van der Waals surface area contributed by atoms with E-state index in [4.69, 9.17) is 12.2 Å². The summed E-state index contributed by atoms with van der Waals surface area (Å²) >= 11 is 7.46. The second kappa shape index (κ2) is 9.75. The zero-order valence-electron chi connectivity index (χ0n) is 15.3. The Morgan fingerprint density at radius 3 is 2.68 bits per heavy atom. The number of rotatable bonds is 7. The number of nitrogens with zero attached hydrogens (tertiary/aromatic N) is 3. The molecule has 2 rings (SSSR count). The molecule has 0 aliphatic carbocycles. The van der Waals surface area contributed by atoms with Crippen LogP contribution < -0.4 is 5.32 Å². The summed E-state index contributed by atoms with van der Waals surface area (Å²) in [5.41, 5.74) is 2.17. The number of anilines is 1. The molecule has 0 aliphatic rings. The summed E-state index contributed by atoms with van der Waals surface area (Å²) in [5.74, 6) is 0. The highest BCUT2D eigenvalue weighted by atomic mass is 32.2. The Morgan fingerprint density at radius 1 is 1.24 bits per heavy atom. The van der Waals surface area contributed by atoms with E-state index in [0.717, 1.165) is 29.5 Å². The van der Waals surface area contributed by atoms with E-state index in [9.17, 15) is 0 Å². The van der Waals surface area contributed by atoms with Crippen LogP contribution >= 0.6 is 24.0 Å². The van der Waals surface area contributed by atoms with Gasteiger partial charge in [0, 0.05) is 36.1 Å². The zero-order valence-corrected chi connectivity index (χ0v) is 16.9. The highest BCUT2D eigenvalue weighted by molar-refractivity contribution is 7.98. The van der Waals surface area contributed by atoms with Crippen LogP contribution in [0.15, 0.2) is 53.7 Å². The Balaban J connectivity index is 2.17. The summed E-state index contributed by atoms with van der Waals surface area (Å²) in [7, 11) is 4.15. The van der Waals surface area contributed by atoms with Crippen LogP contribution in [0.1, 0.15) is 18.5 Å². The maximum Gasteiger partial charge on any atom is 0.173 e. The molecule has 1 N–H and O–H groups in total. The minimum Gasteiger partial charge on any atom is -0.341 e. The maximum atomic E-state index is 5.73. The van der Waals surface area contributed by atoms with Gasteiger partial charge in [0.15, 0.2) is 5.11 Å². The Hall–Kier alpha value is -1.63. The van der Waals surface area contributed by atoms with Crippen LogP contribution in [0.25, 0.3) is 0 Å². The molecule has 0 fully saturated rings. The van der Waals surface area contributed by atoms with Gasteiger partial charge in [-0.05, 0) is 69.3 Å². The largest absolute Gasteiger partial charge is 0.341 e. The number of benzene rings is 1. The molecule has 0 radical (unpaired) electrons. The van der Waals surface area contributed by atoms with Crippen molar-refractivity contribution in [3.63, 3.8) is 0 Å². The first kappa shape index (κ1) is 19.7. The summed E-state index contributed by atoms with van der Waals surface area (Å²) in [4.78, 5) is 9.85. The molecule has 1 aromatic heterocycles. The maximum absolute atomic E-state index is 5.73. The second-order valence-corrected chi connectivity index (χ2v) is 7.39. The van der Waals surface area contributed by atoms with Crippen molar-refractivity contribution in [2.75, 3.05) is 38.8 Å². The average Bonchev–Trinajstić information content (AvgIpc) is 2.62. The van der Waals surface area contributed by atoms with Crippen LogP contribution in [0.2, 0.25) is 0 Å². The predicted molar refractivity (Wildman–Crippen MR) is 112 cm³/mol. The number of likely N-dealkylation sites (N-methyl/N-ethyl adjacent to an activating group) is 1. The zero-order chi connectivity index (χ0) is 18.2. The van der Waals surface area contributed by atoms with Gasteiger partial charge in [0.2, 0.25) is 0 Å². The van der Waals surface area contributed by atoms with Crippen LogP contribution in [0.5, 0.6) is 0 Å². The molecule has 0 amide bonds. The van der Waals surface area contributed by atoms with Crippen LogP contribution in [-0.2, 0) is 0 Å². The van der Waals surface area contributed by atoms with Crippen molar-refractivity contribution in [3.05, 3.63) is 54.4 Å². The van der Waals surface area contributed by atoms with Crippen molar-refractivity contribution in [2.45, 2.75) is 17.9 Å². The van der Waals surface area contributed by atoms with E-state index in [1.165, 1.54) is 4.90 Å². The van der Waals surface area contributed by atoms with Crippen molar-refractivity contribution >= 4 is 34.8 Å². The van der Waals surface area contributed by atoms with Crippen molar-refractivity contribution in [1.82, 2.24) is 14.8 Å². The molecule has 0 unspecified atom stereocenters. The van der Waals surface area contributed by atoms with Gasteiger partial charge in [-0.1, -0.05) is 12.1 Å². The Labute approximate surface area is 160 Å². The van der Waals surface area contributed by atoms with Gasteiger partial charge in [-0.25, -0.2) is 0 Å². The summed E-state index contributed by atoms with van der Waals surface area (Å²) in [6, 6.07) is 12.5. The van der Waals surface area contributed by atoms with E-state index in [2.05, 4.69) is 65.6 Å². The summed E-state index contributed by atoms with van der Waals surface area (Å²) in [6.45, 7) is 3.94. The van der Waals surface area contributed by atoms with Gasteiger partial charge in [-0.15, -0.1) is 11.8 Å². The molecule has 0 bridgehead atoms. The molecule has 0 saturated heterocycles. The average molecular weight is 375 g/mol. The fourth-order valence-electron chi connectivity index (χ4n) is 2.48. The highest BCUT2D eigenvalue weighted by Crippen LogP contribution is 2.23. The SMILES string of the molecule is CSc1cccc(NC(=S)N(CCN(C)C)[C@@H](C)c2cccnc2)c1. The van der Waals surface area contributed by atoms with Crippen LogP contribution in [0.4, 0.5) is 5.69 Å². The van der Waals surface area contributed by atoms with E-state index in [-0.39, 0.29) is 6.04 Å². The molecule has 0 spiro atoms. The van der Waals surface area contributed by atoms with E-state index >= 15 is 0 Å². The molecule has 1 aromatic carbocycles. The van der Waals surface area contributed by atoms with E-state index in [1.807, 2.05) is 24.4 Å². The van der Waals surface area contributed by atoms with E-state index in [1.54, 1.807) is 18.0 Å². The normalized spacial score (nSPS) is 12.0. The third-order valence-electron chi connectivity index (χ3n) is 4.00. The Morgan fingerprint density at radius 2 is 2.04 bits per heavy atom. The van der Waals surface area contributed by atoms with Crippen LogP contribution in [0, 0.1) is 0 Å². The minimum absolute atomic E-state index is 0.150. The van der Waals surface area contributed by atoms with E-state index < -0.39 is 0 Å². The molecule has 0 saturated carbocycles. The van der Waals surface area contributed by atoms with Gasteiger partial charge in [0.25, 0.3) is 0 Å². The molecule has 25 heavy (non-hydrogen) atoms. The number of hydrogen-bond donors (Lipinski definition) is 1. The molecule has 2 aromatic rings. The summed E-state index contributed by atoms with van der Waals surface area (Å²) in [6.07, 6.45) is 5.78. The number of pyridine rings is 1. The lowest BCUT2D eigenvalue weighted by Gasteiger charge is -2.33. The van der Waals surface area contributed by atoms with Crippen molar-refractivity contribution in [3.8, 4) is 0 Å². The second-order valence-electron chi connectivity index (χ2n) is 6.12. The van der Waals surface area contributed by atoms with E-state index in [0.29, 0.717) is 0 Å². The molecule has 1 atom stereocenters. The van der Waals surface area contributed by atoms with Gasteiger partial charge < -0.3 is 15.1 Å². The molecule has 4 nitrogen and oxygen atoms in total. The summed E-state index contributed by atoms with van der Waals surface area (Å²) < 4.78 is 0. The summed E-state index contributed by atoms with van der Waals surface area (Å²) in [5, 5.41) is 4.13. The molecule has 134 valence electrons. The smallest absolute Gasteiger partial charge is 0.173 e. The Kier molecular flexibility index (Phi) is 7.68. The third kappa shape index (κ3) is 5.99. The van der Waals surface area contributed by atoms with Crippen molar-refractivity contribution in [2.24, 2.45) is 0 Å². The molecule has 0 aliphatic heterocycles. The fraction of sp³-hybridized carbons (Fsp3) is 0.368. The van der Waals surface area contributed by atoms with Gasteiger partial charge in [-0.3, -0.25) is 4.98 Å². The lowest BCUT2D eigenvalue weighted by Crippen LogP contribution is -2.40. The lowest BCUT2D eigenvalue weighted by molar-refractivity contribution is 0.289. The number of thiocarbonyl (C=S) groups is 1. The number of nitrogens with one attached hydrogen (secondary N) is 1. The van der Waals surface area contributed by atoms with Gasteiger partial charge >= 0.3 is 0 Å². The quantitative estimate of drug-likeness (QED) is 0.579. The van der Waals surface area contributed by atoms with Crippen LogP contribution in [0.3, 0.4) is 0 Å². The van der Waals surface area contributed by atoms with Gasteiger partial charge in [-0.2, -0.15) is 0 Å². The predicted octanol–water partition coefficient (Wildman–Crippen LogP) is 4.13. The Bertz CT molecular complexity index is 676. The minimum atomic E-state index is 0.150. The fourth-order valence-corrected chi connectivity index (χ4v) is 3.30. The first-order valence-electron chi connectivity index (χ1n) is 8.27. The first-order valence-corrected chi connectivity index (χ1v) is 9.91. The first-order chi connectivity index (χ1) is 12.0. The molecular formula is C19H26N4S2. The molecule has 1 heterocycles. The van der Waals surface area contributed by atoms with Gasteiger partial charge in [0.05, 0.1) is 6.04 Å². The number of aromatic nitrogens is 1. The van der Waals surface area contributed by atoms with Crippen molar-refractivity contribution < 1.29 is 0 Å².